The number of piperidine rings is 1. The van der Waals surface area contributed by atoms with Gasteiger partial charge < -0.3 is 10.1 Å². The van der Waals surface area contributed by atoms with E-state index in [2.05, 4.69) is 12.2 Å². The maximum Gasteiger partial charge on any atom is 0.341 e. The van der Waals surface area contributed by atoms with Gasteiger partial charge in [0.15, 0.2) is 0 Å². The first-order valence-corrected chi connectivity index (χ1v) is 13.2. The molecule has 1 saturated heterocycles. The van der Waals surface area contributed by atoms with Gasteiger partial charge in [-0.15, -0.1) is 11.3 Å². The summed E-state index contributed by atoms with van der Waals surface area (Å²) in [6.45, 7) is 5.09. The van der Waals surface area contributed by atoms with Gasteiger partial charge in [-0.3, -0.25) is 4.79 Å². The van der Waals surface area contributed by atoms with Crippen LogP contribution in [0.3, 0.4) is 0 Å². The number of hydrogen-bond acceptors (Lipinski definition) is 6. The van der Waals surface area contributed by atoms with E-state index >= 15 is 0 Å². The summed E-state index contributed by atoms with van der Waals surface area (Å²) in [5, 5.41) is 3.92. The van der Waals surface area contributed by atoms with Crippen molar-refractivity contribution in [2.24, 2.45) is 5.92 Å². The average molecular weight is 487 g/mol. The first-order chi connectivity index (χ1) is 15.8. The molecule has 1 amide bonds. The second-order valence-electron chi connectivity index (χ2n) is 8.09. The molecule has 1 aromatic heterocycles. The Hall–Kier alpha value is -2.75. The zero-order valence-corrected chi connectivity index (χ0v) is 20.2. The topological polar surface area (TPSA) is 92.8 Å². The fourth-order valence-corrected chi connectivity index (χ4v) is 6.42. The van der Waals surface area contributed by atoms with Crippen LogP contribution in [0.1, 0.15) is 47.4 Å². The first-order valence-electron chi connectivity index (χ1n) is 10.9. The highest BCUT2D eigenvalue weighted by molar-refractivity contribution is 7.89. The number of benzene rings is 2. The Morgan fingerprint density at radius 2 is 1.76 bits per heavy atom. The van der Waals surface area contributed by atoms with Crippen molar-refractivity contribution in [1.82, 2.24) is 4.31 Å². The fourth-order valence-electron chi connectivity index (χ4n) is 3.87. The molecule has 174 valence electrons. The van der Waals surface area contributed by atoms with Crippen LogP contribution in [0.5, 0.6) is 0 Å². The molecule has 1 N–H and O–H groups in total. The smallest absolute Gasteiger partial charge is 0.341 e. The van der Waals surface area contributed by atoms with Crippen molar-refractivity contribution in [3.05, 3.63) is 59.7 Å². The standard InChI is InChI=1S/C24H26N2O5S2/c1-3-31-24(28)21-19-6-4-5-7-20(19)32-23(21)25-22(27)17-8-10-18(11-9-17)33(29,30)26-14-12-16(2)13-15-26/h4-11,16H,3,12-15H2,1-2H3,(H,25,27). The maximum atomic E-state index is 12.9. The number of thiophene rings is 1. The van der Waals surface area contributed by atoms with Crippen LogP contribution in [-0.4, -0.2) is 44.3 Å². The molecule has 1 aliphatic rings. The lowest BCUT2D eigenvalue weighted by Gasteiger charge is -2.29. The lowest BCUT2D eigenvalue weighted by molar-refractivity contribution is 0.0530. The number of fused-ring (bicyclic) bond motifs is 1. The van der Waals surface area contributed by atoms with E-state index in [0.29, 0.717) is 40.5 Å². The molecule has 0 spiro atoms. The van der Waals surface area contributed by atoms with E-state index in [1.54, 1.807) is 6.92 Å². The van der Waals surface area contributed by atoms with Crippen LogP contribution in [0.4, 0.5) is 5.00 Å². The fraction of sp³-hybridized carbons (Fsp3) is 0.333. The van der Waals surface area contributed by atoms with Gasteiger partial charge in [-0.05, 0) is 56.0 Å². The summed E-state index contributed by atoms with van der Waals surface area (Å²) in [7, 11) is -3.59. The van der Waals surface area contributed by atoms with E-state index in [1.165, 1.54) is 39.9 Å². The third-order valence-electron chi connectivity index (χ3n) is 5.80. The quantitative estimate of drug-likeness (QED) is 0.508. The van der Waals surface area contributed by atoms with E-state index in [-0.39, 0.29) is 11.5 Å². The van der Waals surface area contributed by atoms with Crippen LogP contribution in [0, 0.1) is 5.92 Å². The summed E-state index contributed by atoms with van der Waals surface area (Å²) < 4.78 is 33.4. The zero-order chi connectivity index (χ0) is 23.6. The molecule has 0 atom stereocenters. The molecule has 4 rings (SSSR count). The normalized spacial score (nSPS) is 15.5. The summed E-state index contributed by atoms with van der Waals surface area (Å²) in [6, 6.07) is 13.3. The summed E-state index contributed by atoms with van der Waals surface area (Å²) in [5.41, 5.74) is 0.623. The van der Waals surface area contributed by atoms with Crippen molar-refractivity contribution in [2.75, 3.05) is 25.0 Å². The summed E-state index contributed by atoms with van der Waals surface area (Å²) >= 11 is 1.29. The minimum atomic E-state index is -3.59. The first kappa shape index (κ1) is 23.4. The van der Waals surface area contributed by atoms with Crippen molar-refractivity contribution < 1.29 is 22.7 Å². The Bertz CT molecular complexity index is 1270. The number of nitrogens with one attached hydrogen (secondary N) is 1. The van der Waals surface area contributed by atoms with E-state index < -0.39 is 21.9 Å². The third-order valence-corrected chi connectivity index (χ3v) is 8.80. The van der Waals surface area contributed by atoms with Crippen LogP contribution >= 0.6 is 11.3 Å². The maximum absolute atomic E-state index is 12.9. The highest BCUT2D eigenvalue weighted by atomic mass is 32.2. The van der Waals surface area contributed by atoms with Crippen LogP contribution in [-0.2, 0) is 14.8 Å². The Kier molecular flexibility index (Phi) is 6.83. The number of nitrogens with zero attached hydrogens (tertiary/aromatic N) is 1. The molecule has 33 heavy (non-hydrogen) atoms. The predicted molar refractivity (Wildman–Crippen MR) is 129 cm³/mol. The molecule has 2 aromatic carbocycles. The highest BCUT2D eigenvalue weighted by Gasteiger charge is 2.28. The molecule has 0 radical (unpaired) electrons. The Balaban J connectivity index is 1.56. The SMILES string of the molecule is CCOC(=O)c1c(NC(=O)c2ccc(S(=O)(=O)N3CCC(C)CC3)cc2)sc2ccccc12. The number of rotatable bonds is 6. The molecule has 0 unspecified atom stereocenters. The van der Waals surface area contributed by atoms with Crippen LogP contribution in [0.2, 0.25) is 0 Å². The molecule has 0 aliphatic carbocycles. The Morgan fingerprint density at radius 1 is 1.09 bits per heavy atom. The number of sulfonamides is 1. The number of carbonyl (C=O) groups excluding carboxylic acids is 2. The molecule has 9 heteroatoms. The summed E-state index contributed by atoms with van der Waals surface area (Å²) in [6.07, 6.45) is 1.69. The highest BCUT2D eigenvalue weighted by Crippen LogP contribution is 2.36. The van der Waals surface area contributed by atoms with E-state index in [0.717, 1.165) is 17.5 Å². The third kappa shape index (κ3) is 4.80. The van der Waals surface area contributed by atoms with E-state index in [1.807, 2.05) is 24.3 Å². The van der Waals surface area contributed by atoms with Gasteiger partial charge in [0.2, 0.25) is 10.0 Å². The molecule has 0 saturated carbocycles. The van der Waals surface area contributed by atoms with Gasteiger partial charge in [-0.2, -0.15) is 4.31 Å². The number of ether oxygens (including phenoxy) is 1. The van der Waals surface area contributed by atoms with Crippen molar-refractivity contribution >= 4 is 48.3 Å². The zero-order valence-electron chi connectivity index (χ0n) is 18.5. The van der Waals surface area contributed by atoms with Gasteiger partial charge in [-0.1, -0.05) is 25.1 Å². The largest absolute Gasteiger partial charge is 0.462 e. The van der Waals surface area contributed by atoms with Crippen LogP contribution in [0.25, 0.3) is 10.1 Å². The number of amides is 1. The van der Waals surface area contributed by atoms with Crippen molar-refractivity contribution in [3.63, 3.8) is 0 Å². The summed E-state index contributed by atoms with van der Waals surface area (Å²) in [4.78, 5) is 25.6. The van der Waals surface area contributed by atoms with Gasteiger partial charge >= 0.3 is 5.97 Å². The monoisotopic (exact) mass is 486 g/mol. The molecule has 3 aromatic rings. The second-order valence-corrected chi connectivity index (χ2v) is 11.1. The second kappa shape index (κ2) is 9.62. The molecule has 0 bridgehead atoms. The van der Waals surface area contributed by atoms with Gasteiger partial charge in [0, 0.05) is 28.7 Å². The Morgan fingerprint density at radius 3 is 2.42 bits per heavy atom. The van der Waals surface area contributed by atoms with Crippen molar-refractivity contribution in [2.45, 2.75) is 31.6 Å². The van der Waals surface area contributed by atoms with Gasteiger partial charge in [0.25, 0.3) is 5.91 Å². The molecule has 2 heterocycles. The van der Waals surface area contributed by atoms with E-state index in [4.69, 9.17) is 4.74 Å². The molecular formula is C24H26N2O5S2. The minimum Gasteiger partial charge on any atom is -0.462 e. The van der Waals surface area contributed by atoms with Crippen LogP contribution in [0.15, 0.2) is 53.4 Å². The molecule has 1 fully saturated rings. The van der Waals surface area contributed by atoms with Gasteiger partial charge in [0.05, 0.1) is 11.5 Å². The molecular weight excluding hydrogens is 460 g/mol. The average Bonchev–Trinajstić information content (AvgIpc) is 3.17. The number of esters is 1. The van der Waals surface area contributed by atoms with Gasteiger partial charge in [-0.25, -0.2) is 13.2 Å². The van der Waals surface area contributed by atoms with Crippen molar-refractivity contribution in [1.29, 1.82) is 0 Å². The van der Waals surface area contributed by atoms with E-state index in [9.17, 15) is 18.0 Å². The Labute approximate surface area is 197 Å². The summed E-state index contributed by atoms with van der Waals surface area (Å²) in [5.74, 6) is -0.402. The number of hydrogen-bond donors (Lipinski definition) is 1. The van der Waals surface area contributed by atoms with Gasteiger partial charge in [0.1, 0.15) is 10.6 Å². The molecule has 1 aliphatic heterocycles. The molecule has 7 nitrogen and oxygen atoms in total. The lowest BCUT2D eigenvalue weighted by atomic mass is 10.0. The van der Waals surface area contributed by atoms with Crippen molar-refractivity contribution in [3.8, 4) is 0 Å². The van der Waals surface area contributed by atoms with Crippen LogP contribution < -0.4 is 5.32 Å². The number of carbonyl (C=O) groups is 2. The lowest BCUT2D eigenvalue weighted by Crippen LogP contribution is -2.37. The number of anilines is 1. The minimum absolute atomic E-state index is 0.169. The predicted octanol–water partition coefficient (Wildman–Crippen LogP) is 4.75.